The molecule has 0 aromatic rings. The van der Waals surface area contributed by atoms with Gasteiger partial charge in [0, 0.05) is 6.42 Å². The standard InChI is InChI=1S/C8H14O/c1-4-6-8(9)7(3)5-2/h5H,4,6H2,1-3H3. The van der Waals surface area contributed by atoms with Crippen LogP contribution in [0.25, 0.3) is 0 Å². The normalized spacial score (nSPS) is 11.7. The monoisotopic (exact) mass is 126 g/mol. The molecule has 0 radical (unpaired) electrons. The molecular weight excluding hydrogens is 112 g/mol. The fourth-order valence-electron chi connectivity index (χ4n) is 0.585. The van der Waals surface area contributed by atoms with Crippen LogP contribution in [-0.2, 0) is 4.79 Å². The topological polar surface area (TPSA) is 17.1 Å². The Labute approximate surface area is 56.8 Å². The van der Waals surface area contributed by atoms with Crippen molar-refractivity contribution in [2.45, 2.75) is 33.6 Å². The van der Waals surface area contributed by atoms with Crippen molar-refractivity contribution >= 4 is 5.78 Å². The van der Waals surface area contributed by atoms with Gasteiger partial charge >= 0.3 is 0 Å². The van der Waals surface area contributed by atoms with E-state index in [0.29, 0.717) is 6.42 Å². The lowest BCUT2D eigenvalue weighted by Crippen LogP contribution is -1.96. The Bertz CT molecular complexity index is 123. The lowest BCUT2D eigenvalue weighted by Gasteiger charge is -1.94. The molecule has 0 heterocycles. The van der Waals surface area contributed by atoms with Gasteiger partial charge in [-0.05, 0) is 25.8 Å². The number of allylic oxidation sites excluding steroid dienone is 2. The first kappa shape index (κ1) is 8.41. The first-order chi connectivity index (χ1) is 4.22. The molecule has 0 rings (SSSR count). The fraction of sp³-hybridized carbons (Fsp3) is 0.625. The molecule has 0 saturated heterocycles. The predicted molar refractivity (Wildman–Crippen MR) is 39.3 cm³/mol. The molecular formula is C8H14O. The summed E-state index contributed by atoms with van der Waals surface area (Å²) >= 11 is 0. The molecule has 0 aromatic carbocycles. The van der Waals surface area contributed by atoms with Gasteiger partial charge in [-0.3, -0.25) is 4.79 Å². The highest BCUT2D eigenvalue weighted by Gasteiger charge is 1.99. The SMILES string of the molecule is CC=C(C)C(=O)CCC. The van der Waals surface area contributed by atoms with Crippen molar-refractivity contribution in [1.82, 2.24) is 0 Å². The van der Waals surface area contributed by atoms with E-state index >= 15 is 0 Å². The highest BCUT2D eigenvalue weighted by atomic mass is 16.1. The third-order valence-electron chi connectivity index (χ3n) is 1.35. The largest absolute Gasteiger partial charge is 0.295 e. The molecule has 0 aliphatic carbocycles. The van der Waals surface area contributed by atoms with Gasteiger partial charge in [-0.15, -0.1) is 0 Å². The predicted octanol–water partition coefficient (Wildman–Crippen LogP) is 2.32. The Morgan fingerprint density at radius 1 is 1.56 bits per heavy atom. The summed E-state index contributed by atoms with van der Waals surface area (Å²) in [4.78, 5) is 10.9. The number of rotatable bonds is 3. The average molecular weight is 126 g/mol. The molecule has 0 unspecified atom stereocenters. The van der Waals surface area contributed by atoms with Gasteiger partial charge in [0.05, 0.1) is 0 Å². The van der Waals surface area contributed by atoms with Gasteiger partial charge < -0.3 is 0 Å². The molecule has 0 atom stereocenters. The van der Waals surface area contributed by atoms with Gasteiger partial charge in [0.2, 0.25) is 0 Å². The first-order valence-corrected chi connectivity index (χ1v) is 3.38. The zero-order valence-corrected chi connectivity index (χ0v) is 6.40. The first-order valence-electron chi connectivity index (χ1n) is 3.38. The van der Waals surface area contributed by atoms with Crippen molar-refractivity contribution in [2.24, 2.45) is 0 Å². The van der Waals surface area contributed by atoms with E-state index < -0.39 is 0 Å². The number of hydrogen-bond donors (Lipinski definition) is 0. The van der Waals surface area contributed by atoms with Crippen LogP contribution in [0, 0.1) is 0 Å². The quantitative estimate of drug-likeness (QED) is 0.530. The Kier molecular flexibility index (Phi) is 4.02. The summed E-state index contributed by atoms with van der Waals surface area (Å²) in [6, 6.07) is 0. The maximum Gasteiger partial charge on any atom is 0.158 e. The van der Waals surface area contributed by atoms with Gasteiger partial charge in [-0.2, -0.15) is 0 Å². The zero-order chi connectivity index (χ0) is 7.28. The molecule has 0 bridgehead atoms. The third kappa shape index (κ3) is 3.07. The van der Waals surface area contributed by atoms with Crippen molar-refractivity contribution in [3.8, 4) is 0 Å². The van der Waals surface area contributed by atoms with Gasteiger partial charge in [-0.1, -0.05) is 13.0 Å². The van der Waals surface area contributed by atoms with Crippen molar-refractivity contribution < 1.29 is 4.79 Å². The summed E-state index contributed by atoms with van der Waals surface area (Å²) in [6.45, 7) is 5.77. The number of carbonyl (C=O) groups excluding carboxylic acids is 1. The number of ketones is 1. The lowest BCUT2D eigenvalue weighted by molar-refractivity contribution is -0.115. The minimum absolute atomic E-state index is 0.278. The summed E-state index contributed by atoms with van der Waals surface area (Å²) in [6.07, 6.45) is 3.50. The fourth-order valence-corrected chi connectivity index (χ4v) is 0.585. The Balaban J connectivity index is 3.74. The van der Waals surface area contributed by atoms with E-state index in [-0.39, 0.29) is 5.78 Å². The van der Waals surface area contributed by atoms with E-state index in [1.165, 1.54) is 0 Å². The highest BCUT2D eigenvalue weighted by Crippen LogP contribution is 1.99. The Morgan fingerprint density at radius 2 is 2.11 bits per heavy atom. The molecule has 1 heteroatoms. The minimum atomic E-state index is 0.278. The molecule has 0 aliphatic heterocycles. The minimum Gasteiger partial charge on any atom is -0.295 e. The van der Waals surface area contributed by atoms with E-state index in [1.54, 1.807) is 0 Å². The van der Waals surface area contributed by atoms with Crippen molar-refractivity contribution in [3.63, 3.8) is 0 Å². The third-order valence-corrected chi connectivity index (χ3v) is 1.35. The van der Waals surface area contributed by atoms with Crippen LogP contribution in [0.5, 0.6) is 0 Å². The molecule has 1 nitrogen and oxygen atoms in total. The Hall–Kier alpha value is -0.590. The van der Waals surface area contributed by atoms with Crippen LogP contribution in [0.4, 0.5) is 0 Å². The number of Topliss-reactive ketones (excluding diaryl/α,β-unsaturated/α-hetero) is 1. The second kappa shape index (κ2) is 4.30. The maximum atomic E-state index is 10.9. The van der Waals surface area contributed by atoms with Crippen LogP contribution >= 0.6 is 0 Å². The summed E-state index contributed by atoms with van der Waals surface area (Å²) in [5.41, 5.74) is 0.886. The van der Waals surface area contributed by atoms with Crippen LogP contribution in [0.2, 0.25) is 0 Å². The molecule has 52 valence electrons. The average Bonchev–Trinajstić information content (AvgIpc) is 1.87. The Morgan fingerprint density at radius 3 is 2.44 bits per heavy atom. The van der Waals surface area contributed by atoms with E-state index in [2.05, 4.69) is 0 Å². The number of hydrogen-bond acceptors (Lipinski definition) is 1. The summed E-state index contributed by atoms with van der Waals surface area (Å²) in [5.74, 6) is 0.278. The summed E-state index contributed by atoms with van der Waals surface area (Å²) in [5, 5.41) is 0. The van der Waals surface area contributed by atoms with Crippen LogP contribution in [0.1, 0.15) is 33.6 Å². The second-order valence-corrected chi connectivity index (χ2v) is 2.14. The lowest BCUT2D eigenvalue weighted by atomic mass is 10.1. The van der Waals surface area contributed by atoms with Gasteiger partial charge in [0.1, 0.15) is 0 Å². The van der Waals surface area contributed by atoms with E-state index in [4.69, 9.17) is 0 Å². The molecule has 0 spiro atoms. The maximum absolute atomic E-state index is 10.9. The smallest absolute Gasteiger partial charge is 0.158 e. The van der Waals surface area contributed by atoms with Gasteiger partial charge in [0.25, 0.3) is 0 Å². The molecule has 0 fully saturated rings. The summed E-state index contributed by atoms with van der Waals surface area (Å²) in [7, 11) is 0. The molecule has 0 amide bonds. The van der Waals surface area contributed by atoms with Crippen LogP contribution in [0.15, 0.2) is 11.6 Å². The molecule has 9 heavy (non-hydrogen) atoms. The number of carbonyl (C=O) groups is 1. The van der Waals surface area contributed by atoms with Gasteiger partial charge in [-0.25, -0.2) is 0 Å². The summed E-state index contributed by atoms with van der Waals surface area (Å²) < 4.78 is 0. The highest BCUT2D eigenvalue weighted by molar-refractivity contribution is 5.94. The van der Waals surface area contributed by atoms with E-state index in [9.17, 15) is 4.79 Å². The molecule has 0 aliphatic rings. The van der Waals surface area contributed by atoms with Crippen molar-refractivity contribution in [2.75, 3.05) is 0 Å². The van der Waals surface area contributed by atoms with Crippen molar-refractivity contribution in [3.05, 3.63) is 11.6 Å². The van der Waals surface area contributed by atoms with E-state index in [1.807, 2.05) is 26.8 Å². The van der Waals surface area contributed by atoms with Crippen molar-refractivity contribution in [1.29, 1.82) is 0 Å². The molecule has 0 N–H and O–H groups in total. The molecule has 0 saturated carbocycles. The molecule has 0 aromatic heterocycles. The van der Waals surface area contributed by atoms with Gasteiger partial charge in [0.15, 0.2) is 5.78 Å². The van der Waals surface area contributed by atoms with Crippen LogP contribution < -0.4 is 0 Å². The van der Waals surface area contributed by atoms with E-state index in [0.717, 1.165) is 12.0 Å². The van der Waals surface area contributed by atoms with Crippen LogP contribution in [-0.4, -0.2) is 5.78 Å². The van der Waals surface area contributed by atoms with Crippen LogP contribution in [0.3, 0.4) is 0 Å². The second-order valence-electron chi connectivity index (χ2n) is 2.14. The zero-order valence-electron chi connectivity index (χ0n) is 6.40.